The van der Waals surface area contributed by atoms with Gasteiger partial charge in [0.15, 0.2) is 5.03 Å². The van der Waals surface area contributed by atoms with Gasteiger partial charge in [-0.05, 0) is 31.0 Å². The van der Waals surface area contributed by atoms with Crippen LogP contribution in [0.5, 0.6) is 0 Å². The molecule has 0 spiro atoms. The van der Waals surface area contributed by atoms with Crippen molar-refractivity contribution in [3.8, 4) is 0 Å². The van der Waals surface area contributed by atoms with Crippen LogP contribution in [0.25, 0.3) is 0 Å². The first-order valence-electron chi connectivity index (χ1n) is 5.65. The van der Waals surface area contributed by atoms with E-state index in [0.29, 0.717) is 12.5 Å². The van der Waals surface area contributed by atoms with Gasteiger partial charge in [0.1, 0.15) is 0 Å². The van der Waals surface area contributed by atoms with Crippen molar-refractivity contribution in [2.24, 2.45) is 5.92 Å². The van der Waals surface area contributed by atoms with Gasteiger partial charge in [-0.1, -0.05) is 13.0 Å². The highest BCUT2D eigenvalue weighted by Crippen LogP contribution is 2.30. The molecular formula is C11H17N3O2S. The molecule has 1 aliphatic carbocycles. The lowest BCUT2D eigenvalue weighted by molar-refractivity contribution is 0.574. The number of hydrogen-bond acceptors (Lipinski definition) is 4. The van der Waals surface area contributed by atoms with Crippen molar-refractivity contribution < 1.29 is 8.42 Å². The molecule has 2 unspecified atom stereocenters. The number of nitrogens with zero attached hydrogens (tertiary/aromatic N) is 1. The average Bonchev–Trinajstić information content (AvgIpc) is 2.94. The summed E-state index contributed by atoms with van der Waals surface area (Å²) in [5, 5.41) is 3.08. The topological polar surface area (TPSA) is 71.1 Å². The summed E-state index contributed by atoms with van der Waals surface area (Å²) >= 11 is 0. The molecule has 1 aliphatic rings. The maximum absolute atomic E-state index is 11.9. The van der Waals surface area contributed by atoms with Crippen molar-refractivity contribution >= 4 is 10.0 Å². The molecule has 2 N–H and O–H groups in total. The Hall–Kier alpha value is -0.980. The lowest BCUT2D eigenvalue weighted by Gasteiger charge is -2.06. The fraction of sp³-hybridized carbons (Fsp3) is 0.545. The summed E-state index contributed by atoms with van der Waals surface area (Å²) in [4.78, 5) is 3.98. The zero-order chi connectivity index (χ0) is 12.5. The summed E-state index contributed by atoms with van der Waals surface area (Å²) in [6.45, 7) is 2.71. The second-order valence-electron chi connectivity index (χ2n) is 4.48. The van der Waals surface area contributed by atoms with Gasteiger partial charge in [0.05, 0.1) is 0 Å². The van der Waals surface area contributed by atoms with E-state index in [1.165, 1.54) is 0 Å². The largest absolute Gasteiger partial charge is 0.316 e. The van der Waals surface area contributed by atoms with Gasteiger partial charge in [-0.25, -0.2) is 18.1 Å². The Balaban J connectivity index is 2.10. The van der Waals surface area contributed by atoms with Crippen LogP contribution >= 0.6 is 0 Å². The van der Waals surface area contributed by atoms with Crippen LogP contribution in [0.3, 0.4) is 0 Å². The molecule has 2 rings (SSSR count). The Bertz CT molecular complexity index is 484. The van der Waals surface area contributed by atoms with Crippen molar-refractivity contribution in [2.75, 3.05) is 7.05 Å². The third-order valence-corrected chi connectivity index (χ3v) is 4.28. The summed E-state index contributed by atoms with van der Waals surface area (Å²) in [5.41, 5.74) is 0.964. The number of hydrogen-bond donors (Lipinski definition) is 2. The van der Waals surface area contributed by atoms with Crippen LogP contribution in [-0.4, -0.2) is 26.5 Å². The second-order valence-corrected chi connectivity index (χ2v) is 6.14. The first-order valence-corrected chi connectivity index (χ1v) is 7.13. The zero-order valence-corrected chi connectivity index (χ0v) is 10.8. The molecule has 2 atom stereocenters. The van der Waals surface area contributed by atoms with E-state index < -0.39 is 10.0 Å². The SMILES string of the molecule is CNCc1ccc(S(=O)(=O)NC2CC2C)nc1. The molecule has 0 aromatic carbocycles. The van der Waals surface area contributed by atoms with E-state index in [2.05, 4.69) is 15.0 Å². The second kappa shape index (κ2) is 4.72. The number of pyridine rings is 1. The van der Waals surface area contributed by atoms with Crippen LogP contribution in [0.15, 0.2) is 23.4 Å². The molecule has 0 radical (unpaired) electrons. The summed E-state index contributed by atoms with van der Waals surface area (Å²) in [7, 11) is -1.61. The van der Waals surface area contributed by atoms with Crippen LogP contribution in [0.1, 0.15) is 18.9 Å². The minimum absolute atomic E-state index is 0.0822. The van der Waals surface area contributed by atoms with Crippen molar-refractivity contribution in [3.63, 3.8) is 0 Å². The molecule has 6 heteroatoms. The molecule has 5 nitrogen and oxygen atoms in total. The maximum atomic E-state index is 11.9. The third kappa shape index (κ3) is 3.02. The molecule has 1 saturated carbocycles. The van der Waals surface area contributed by atoms with Crippen LogP contribution in [-0.2, 0) is 16.6 Å². The fourth-order valence-corrected chi connectivity index (χ4v) is 2.91. The fourth-order valence-electron chi connectivity index (χ4n) is 1.62. The highest BCUT2D eigenvalue weighted by atomic mass is 32.2. The van der Waals surface area contributed by atoms with E-state index in [4.69, 9.17) is 0 Å². The Morgan fingerprint density at radius 2 is 2.18 bits per heavy atom. The molecule has 0 saturated heterocycles. The molecular weight excluding hydrogens is 238 g/mol. The zero-order valence-electron chi connectivity index (χ0n) is 9.97. The Kier molecular flexibility index (Phi) is 3.46. The highest BCUT2D eigenvalue weighted by molar-refractivity contribution is 7.89. The quantitative estimate of drug-likeness (QED) is 0.803. The van der Waals surface area contributed by atoms with Gasteiger partial charge in [-0.3, -0.25) is 0 Å². The number of rotatable bonds is 5. The van der Waals surface area contributed by atoms with Gasteiger partial charge in [0.2, 0.25) is 0 Å². The first-order chi connectivity index (χ1) is 8.03. The summed E-state index contributed by atoms with van der Waals surface area (Å²) in [6, 6.07) is 3.40. The predicted octanol–water partition coefficient (Wildman–Crippen LogP) is 0.488. The van der Waals surface area contributed by atoms with Crippen molar-refractivity contribution in [3.05, 3.63) is 23.9 Å². The van der Waals surface area contributed by atoms with Gasteiger partial charge in [0, 0.05) is 18.8 Å². The van der Waals surface area contributed by atoms with Gasteiger partial charge in [-0.2, -0.15) is 0 Å². The Morgan fingerprint density at radius 1 is 1.47 bits per heavy atom. The van der Waals surface area contributed by atoms with Gasteiger partial charge < -0.3 is 5.32 Å². The first kappa shape index (κ1) is 12.5. The number of sulfonamides is 1. The molecule has 0 amide bonds. The standard InChI is InChI=1S/C11H17N3O2S/c1-8-5-10(8)14-17(15,16)11-4-3-9(6-12-2)7-13-11/h3-4,7-8,10,12,14H,5-6H2,1-2H3. The molecule has 1 fully saturated rings. The number of nitrogens with one attached hydrogen (secondary N) is 2. The van der Waals surface area contributed by atoms with Crippen molar-refractivity contribution in [1.29, 1.82) is 0 Å². The Morgan fingerprint density at radius 3 is 2.65 bits per heavy atom. The van der Waals surface area contributed by atoms with E-state index >= 15 is 0 Å². The Labute approximate surface area is 102 Å². The summed E-state index contributed by atoms with van der Waals surface area (Å²) in [5.74, 6) is 0.438. The predicted molar refractivity (Wildman–Crippen MR) is 64.9 cm³/mol. The molecule has 0 aliphatic heterocycles. The van der Waals surface area contributed by atoms with Crippen LogP contribution in [0.2, 0.25) is 0 Å². The molecule has 1 aromatic heterocycles. The van der Waals surface area contributed by atoms with E-state index in [-0.39, 0.29) is 11.1 Å². The molecule has 94 valence electrons. The minimum Gasteiger partial charge on any atom is -0.316 e. The van der Waals surface area contributed by atoms with E-state index in [0.717, 1.165) is 12.0 Å². The van der Waals surface area contributed by atoms with Gasteiger partial charge in [0.25, 0.3) is 10.0 Å². The summed E-state index contributed by atoms with van der Waals surface area (Å²) < 4.78 is 26.5. The third-order valence-electron chi connectivity index (χ3n) is 2.87. The van der Waals surface area contributed by atoms with E-state index in [1.54, 1.807) is 18.3 Å². The molecule has 1 heterocycles. The van der Waals surface area contributed by atoms with Crippen LogP contribution in [0.4, 0.5) is 0 Å². The van der Waals surface area contributed by atoms with Gasteiger partial charge >= 0.3 is 0 Å². The number of aromatic nitrogens is 1. The molecule has 0 bridgehead atoms. The normalized spacial score (nSPS) is 23.6. The highest BCUT2D eigenvalue weighted by Gasteiger charge is 2.36. The van der Waals surface area contributed by atoms with Crippen LogP contribution < -0.4 is 10.0 Å². The van der Waals surface area contributed by atoms with E-state index in [9.17, 15) is 8.42 Å². The smallest absolute Gasteiger partial charge is 0.258 e. The van der Waals surface area contributed by atoms with Crippen molar-refractivity contribution in [1.82, 2.24) is 15.0 Å². The minimum atomic E-state index is -3.44. The van der Waals surface area contributed by atoms with Gasteiger partial charge in [-0.15, -0.1) is 0 Å². The monoisotopic (exact) mass is 255 g/mol. The van der Waals surface area contributed by atoms with Crippen LogP contribution in [0, 0.1) is 5.92 Å². The molecule has 1 aromatic rings. The lowest BCUT2D eigenvalue weighted by Crippen LogP contribution is -2.27. The molecule has 17 heavy (non-hydrogen) atoms. The lowest BCUT2D eigenvalue weighted by atomic mass is 10.3. The van der Waals surface area contributed by atoms with E-state index in [1.807, 2.05) is 14.0 Å². The average molecular weight is 255 g/mol. The maximum Gasteiger partial charge on any atom is 0.258 e. The van der Waals surface area contributed by atoms with Crippen molar-refractivity contribution in [2.45, 2.75) is 31.0 Å². The summed E-state index contributed by atoms with van der Waals surface area (Å²) in [6.07, 6.45) is 2.50.